The van der Waals surface area contributed by atoms with Gasteiger partial charge in [0.2, 0.25) is 0 Å². The highest BCUT2D eigenvalue weighted by Gasteiger charge is 2.01. The molecule has 0 radical (unpaired) electrons. The molecule has 0 saturated carbocycles. The number of halogens is 1. The van der Waals surface area contributed by atoms with Gasteiger partial charge in [-0.25, -0.2) is 4.39 Å². The molecule has 0 fully saturated rings. The third-order valence-corrected chi connectivity index (χ3v) is 1.80. The number of aromatic amines is 1. The van der Waals surface area contributed by atoms with E-state index in [0.29, 0.717) is 10.9 Å². The molecule has 58 valence electrons. The maximum absolute atomic E-state index is 13.0. The molecule has 0 amide bonds. The van der Waals surface area contributed by atoms with E-state index in [4.69, 9.17) is 6.42 Å². The molecule has 0 saturated heterocycles. The number of aromatic nitrogens is 1. The number of fused-ring (bicyclic) bond motifs is 1. The third-order valence-electron chi connectivity index (χ3n) is 1.80. The van der Waals surface area contributed by atoms with Crippen LogP contribution in [0.15, 0.2) is 24.4 Å². The molecular formula is C10H6FN. The van der Waals surface area contributed by atoms with E-state index in [1.807, 2.05) is 0 Å². The second-order valence-corrected chi connectivity index (χ2v) is 2.54. The van der Waals surface area contributed by atoms with E-state index in [1.54, 1.807) is 18.2 Å². The van der Waals surface area contributed by atoms with E-state index in [1.165, 1.54) is 6.20 Å². The van der Waals surface area contributed by atoms with Crippen molar-refractivity contribution in [3.05, 3.63) is 35.8 Å². The van der Waals surface area contributed by atoms with Crippen molar-refractivity contribution in [1.29, 1.82) is 0 Å². The van der Waals surface area contributed by atoms with Crippen LogP contribution in [0.2, 0.25) is 0 Å². The molecule has 12 heavy (non-hydrogen) atoms. The Kier molecular flexibility index (Phi) is 1.38. The van der Waals surface area contributed by atoms with Crippen molar-refractivity contribution >= 4 is 10.9 Å². The maximum atomic E-state index is 13.0. The van der Waals surface area contributed by atoms with Crippen molar-refractivity contribution < 1.29 is 4.39 Å². The Balaban J connectivity index is 2.82. The molecule has 0 atom stereocenters. The van der Waals surface area contributed by atoms with Crippen molar-refractivity contribution in [2.75, 3.05) is 0 Å². The molecule has 0 aliphatic rings. The normalized spacial score (nSPS) is 10.0. The quantitative estimate of drug-likeness (QED) is 0.567. The van der Waals surface area contributed by atoms with Crippen LogP contribution in [0, 0.1) is 18.2 Å². The summed E-state index contributed by atoms with van der Waals surface area (Å²) in [5.74, 6) is 2.19. The van der Waals surface area contributed by atoms with Gasteiger partial charge in [-0.2, -0.15) is 0 Å². The minimum atomic E-state index is -0.262. The SMILES string of the molecule is C#Cc1ccc2[nH]cc(F)c2c1. The standard InChI is InChI=1S/C10H6FN/c1-2-7-3-4-10-8(5-7)9(11)6-12-10/h1,3-6,12H. The first kappa shape index (κ1) is 6.93. The number of nitrogens with one attached hydrogen (secondary N) is 1. The van der Waals surface area contributed by atoms with Crippen molar-refractivity contribution in [2.24, 2.45) is 0 Å². The van der Waals surface area contributed by atoms with Gasteiger partial charge in [0.15, 0.2) is 0 Å². The summed E-state index contributed by atoms with van der Waals surface area (Å²) in [6.07, 6.45) is 6.50. The van der Waals surface area contributed by atoms with E-state index in [-0.39, 0.29) is 5.82 Å². The number of terminal acetylenes is 1. The molecule has 2 heteroatoms. The second kappa shape index (κ2) is 2.38. The van der Waals surface area contributed by atoms with Crippen LogP contribution in [-0.2, 0) is 0 Å². The Hall–Kier alpha value is -1.75. The third kappa shape index (κ3) is 0.876. The smallest absolute Gasteiger partial charge is 0.148 e. The molecule has 0 bridgehead atoms. The summed E-state index contributed by atoms with van der Waals surface area (Å²) in [5, 5.41) is 0.547. The molecule has 0 aliphatic carbocycles. The maximum Gasteiger partial charge on any atom is 0.148 e. The van der Waals surface area contributed by atoms with Crippen molar-refractivity contribution in [1.82, 2.24) is 4.98 Å². The van der Waals surface area contributed by atoms with Gasteiger partial charge < -0.3 is 4.98 Å². The van der Waals surface area contributed by atoms with Crippen LogP contribution in [0.25, 0.3) is 10.9 Å². The van der Waals surface area contributed by atoms with Crippen LogP contribution in [0.5, 0.6) is 0 Å². The first-order valence-corrected chi connectivity index (χ1v) is 3.54. The fourth-order valence-corrected chi connectivity index (χ4v) is 1.18. The Labute approximate surface area is 69.2 Å². The largest absolute Gasteiger partial charge is 0.359 e. The summed E-state index contributed by atoms with van der Waals surface area (Å²) >= 11 is 0. The van der Waals surface area contributed by atoms with Crippen LogP contribution < -0.4 is 0 Å². The van der Waals surface area contributed by atoms with E-state index in [2.05, 4.69) is 10.9 Å². The lowest BCUT2D eigenvalue weighted by molar-refractivity contribution is 0.639. The van der Waals surface area contributed by atoms with Gasteiger partial charge in [0, 0.05) is 22.7 Å². The van der Waals surface area contributed by atoms with Crippen molar-refractivity contribution in [3.63, 3.8) is 0 Å². The number of H-pyrrole nitrogens is 1. The van der Waals surface area contributed by atoms with Gasteiger partial charge in [0.25, 0.3) is 0 Å². The minimum absolute atomic E-state index is 0.262. The number of benzene rings is 1. The molecule has 0 unspecified atom stereocenters. The van der Waals surface area contributed by atoms with E-state index < -0.39 is 0 Å². The molecule has 1 aromatic heterocycles. The number of rotatable bonds is 0. The fourth-order valence-electron chi connectivity index (χ4n) is 1.18. The Bertz CT molecular complexity index is 462. The van der Waals surface area contributed by atoms with Crippen LogP contribution in [-0.4, -0.2) is 4.98 Å². The Morgan fingerprint density at radius 3 is 3.00 bits per heavy atom. The molecule has 2 rings (SSSR count). The summed E-state index contributed by atoms with van der Waals surface area (Å²) in [5.41, 5.74) is 1.47. The Morgan fingerprint density at radius 1 is 1.42 bits per heavy atom. The lowest BCUT2D eigenvalue weighted by atomic mass is 10.2. The lowest BCUT2D eigenvalue weighted by Crippen LogP contribution is -1.74. The second-order valence-electron chi connectivity index (χ2n) is 2.54. The molecule has 1 heterocycles. The van der Waals surface area contributed by atoms with E-state index in [0.717, 1.165) is 5.52 Å². The van der Waals surface area contributed by atoms with Gasteiger partial charge in [0.05, 0.1) is 0 Å². The zero-order valence-electron chi connectivity index (χ0n) is 6.26. The van der Waals surface area contributed by atoms with Crippen LogP contribution in [0.3, 0.4) is 0 Å². The molecule has 1 aromatic carbocycles. The number of hydrogen-bond donors (Lipinski definition) is 1. The summed E-state index contributed by atoms with van der Waals surface area (Å²) in [4.78, 5) is 2.80. The zero-order chi connectivity index (χ0) is 8.55. The van der Waals surface area contributed by atoms with Gasteiger partial charge in [-0.3, -0.25) is 0 Å². The fraction of sp³-hybridized carbons (Fsp3) is 0. The van der Waals surface area contributed by atoms with E-state index >= 15 is 0 Å². The van der Waals surface area contributed by atoms with Crippen molar-refractivity contribution in [3.8, 4) is 12.3 Å². The highest BCUT2D eigenvalue weighted by molar-refractivity contribution is 5.81. The average Bonchev–Trinajstić information content (AvgIpc) is 2.47. The summed E-state index contributed by atoms with van der Waals surface area (Å²) in [6.45, 7) is 0. The van der Waals surface area contributed by atoms with Crippen LogP contribution in [0.1, 0.15) is 5.56 Å². The highest BCUT2D eigenvalue weighted by atomic mass is 19.1. The summed E-state index contributed by atoms with van der Waals surface area (Å²) in [6, 6.07) is 5.20. The minimum Gasteiger partial charge on any atom is -0.359 e. The van der Waals surface area contributed by atoms with Crippen molar-refractivity contribution in [2.45, 2.75) is 0 Å². The summed E-state index contributed by atoms with van der Waals surface area (Å²) < 4.78 is 13.0. The number of hydrogen-bond acceptors (Lipinski definition) is 0. The molecule has 1 nitrogen and oxygen atoms in total. The first-order valence-electron chi connectivity index (χ1n) is 3.54. The summed E-state index contributed by atoms with van der Waals surface area (Å²) in [7, 11) is 0. The predicted octanol–water partition coefficient (Wildman–Crippen LogP) is 2.29. The van der Waals surface area contributed by atoms with Crippen LogP contribution in [0.4, 0.5) is 4.39 Å². The molecule has 0 aliphatic heterocycles. The predicted molar refractivity (Wildman–Crippen MR) is 46.2 cm³/mol. The van der Waals surface area contributed by atoms with Gasteiger partial charge >= 0.3 is 0 Å². The molecular weight excluding hydrogens is 153 g/mol. The van der Waals surface area contributed by atoms with Crippen LogP contribution >= 0.6 is 0 Å². The molecule has 1 N–H and O–H groups in total. The van der Waals surface area contributed by atoms with Gasteiger partial charge in [-0.05, 0) is 18.2 Å². The average molecular weight is 159 g/mol. The lowest BCUT2D eigenvalue weighted by Gasteiger charge is -1.90. The van der Waals surface area contributed by atoms with E-state index in [9.17, 15) is 4.39 Å². The Morgan fingerprint density at radius 2 is 2.25 bits per heavy atom. The molecule has 0 spiro atoms. The first-order chi connectivity index (χ1) is 5.81. The van der Waals surface area contributed by atoms with Gasteiger partial charge in [0.1, 0.15) is 5.82 Å². The highest BCUT2D eigenvalue weighted by Crippen LogP contribution is 2.17. The topological polar surface area (TPSA) is 15.8 Å². The zero-order valence-corrected chi connectivity index (χ0v) is 6.26. The van der Waals surface area contributed by atoms with Gasteiger partial charge in [-0.1, -0.05) is 5.92 Å². The van der Waals surface area contributed by atoms with Gasteiger partial charge in [-0.15, -0.1) is 6.42 Å². The monoisotopic (exact) mass is 159 g/mol. The molecule has 2 aromatic rings.